The molecule has 11 heteroatoms. The van der Waals surface area contributed by atoms with Gasteiger partial charge in [-0.15, -0.1) is 24.0 Å². The molecule has 31 heavy (non-hydrogen) atoms. The van der Waals surface area contributed by atoms with Gasteiger partial charge in [-0.2, -0.15) is 5.10 Å². The maximum absolute atomic E-state index is 5.50. The average Bonchev–Trinajstić information content (AvgIpc) is 3.17. The first-order valence-electron chi connectivity index (χ1n) is 9.79. The van der Waals surface area contributed by atoms with Crippen LogP contribution in [0.1, 0.15) is 23.6 Å². The zero-order valence-electron chi connectivity index (χ0n) is 18.6. The first-order chi connectivity index (χ1) is 14.6. The highest BCUT2D eigenvalue weighted by Crippen LogP contribution is 2.34. The van der Waals surface area contributed by atoms with Crippen molar-refractivity contribution in [3.63, 3.8) is 0 Å². The molecule has 1 aromatic carbocycles. The number of aryl methyl sites for hydroxylation is 1. The van der Waals surface area contributed by atoms with Crippen LogP contribution in [0.15, 0.2) is 17.1 Å². The second-order valence-corrected chi connectivity index (χ2v) is 6.88. The molecule has 3 rings (SSSR count). The lowest BCUT2D eigenvalue weighted by molar-refractivity contribution is 0.177. The summed E-state index contributed by atoms with van der Waals surface area (Å²) in [5, 5.41) is 11.3. The Labute approximate surface area is 199 Å². The largest absolute Gasteiger partial charge is 0.496 e. The number of fused-ring (bicyclic) bond motifs is 1. The van der Waals surface area contributed by atoms with E-state index in [1.54, 1.807) is 35.5 Å². The minimum Gasteiger partial charge on any atom is -0.496 e. The lowest BCUT2D eigenvalue weighted by Gasteiger charge is -2.25. The van der Waals surface area contributed by atoms with Crippen LogP contribution in [0, 0.1) is 0 Å². The minimum atomic E-state index is 0. The van der Waals surface area contributed by atoms with E-state index in [-0.39, 0.29) is 30.0 Å². The summed E-state index contributed by atoms with van der Waals surface area (Å²) >= 11 is 0. The van der Waals surface area contributed by atoms with Crippen LogP contribution in [-0.2, 0) is 30.9 Å². The summed E-state index contributed by atoms with van der Waals surface area (Å²) in [6, 6.07) is 3.92. The van der Waals surface area contributed by atoms with Crippen molar-refractivity contribution in [2.24, 2.45) is 4.99 Å². The fourth-order valence-corrected chi connectivity index (χ4v) is 3.47. The molecule has 0 aliphatic carbocycles. The fraction of sp³-hybridized carbons (Fsp3) is 0.550. The SMILES string of the molecule is CN=C(NCc1cc(OC)c(OC)cc1OC)NC1CCc2nc(COC)nn2C1.I. The second kappa shape index (κ2) is 11.9. The average molecular weight is 546 g/mol. The summed E-state index contributed by atoms with van der Waals surface area (Å²) < 4.78 is 23.3. The van der Waals surface area contributed by atoms with Gasteiger partial charge in [0.25, 0.3) is 0 Å². The number of ether oxygens (including phenoxy) is 4. The number of methoxy groups -OCH3 is 4. The zero-order chi connectivity index (χ0) is 21.5. The van der Waals surface area contributed by atoms with E-state index in [0.29, 0.717) is 36.4 Å². The standard InChI is InChI=1S/C20H30N6O4.HI/c1-21-20(22-10-13-8-16(29-4)17(30-5)9-15(13)28-3)23-14-6-7-19-24-18(12-27-2)25-26(19)11-14;/h8-9,14H,6-7,10-12H2,1-5H3,(H2,21,22,23);1H. The molecular formula is C20H31IN6O4. The molecule has 0 bridgehead atoms. The monoisotopic (exact) mass is 546 g/mol. The van der Waals surface area contributed by atoms with Crippen LogP contribution in [0.2, 0.25) is 0 Å². The Balaban J connectivity index is 0.00000341. The number of aliphatic imine (C=N–C) groups is 1. The Bertz CT molecular complexity index is 889. The molecule has 172 valence electrons. The molecule has 1 atom stereocenters. The lowest BCUT2D eigenvalue weighted by atomic mass is 10.1. The first-order valence-corrected chi connectivity index (χ1v) is 9.79. The van der Waals surface area contributed by atoms with Crippen LogP contribution in [0.25, 0.3) is 0 Å². The van der Waals surface area contributed by atoms with Gasteiger partial charge in [-0.25, -0.2) is 9.67 Å². The van der Waals surface area contributed by atoms with Gasteiger partial charge in [0, 0.05) is 44.8 Å². The van der Waals surface area contributed by atoms with Gasteiger partial charge in [-0.1, -0.05) is 0 Å². The Kier molecular flexibility index (Phi) is 9.62. The van der Waals surface area contributed by atoms with Gasteiger partial charge < -0.3 is 29.6 Å². The van der Waals surface area contributed by atoms with Gasteiger partial charge in [0.05, 0.1) is 27.9 Å². The molecule has 1 aromatic heterocycles. The first kappa shape index (κ1) is 25.0. The Hall–Kier alpha value is -2.28. The summed E-state index contributed by atoms with van der Waals surface area (Å²) in [6.07, 6.45) is 1.81. The third-order valence-electron chi connectivity index (χ3n) is 4.97. The molecule has 0 fully saturated rings. The van der Waals surface area contributed by atoms with Gasteiger partial charge in [0.1, 0.15) is 18.2 Å². The number of aromatic nitrogens is 3. The normalized spacial score (nSPS) is 15.5. The summed E-state index contributed by atoms with van der Waals surface area (Å²) in [7, 11) is 8.24. The molecule has 2 heterocycles. The molecule has 0 radical (unpaired) electrons. The third-order valence-corrected chi connectivity index (χ3v) is 4.97. The van der Waals surface area contributed by atoms with Gasteiger partial charge in [-0.3, -0.25) is 4.99 Å². The van der Waals surface area contributed by atoms with E-state index in [2.05, 4.69) is 25.7 Å². The fourth-order valence-electron chi connectivity index (χ4n) is 3.47. The van der Waals surface area contributed by atoms with Crippen LogP contribution in [0.5, 0.6) is 17.2 Å². The molecule has 0 saturated carbocycles. The van der Waals surface area contributed by atoms with Crippen LogP contribution >= 0.6 is 24.0 Å². The van der Waals surface area contributed by atoms with Crippen molar-refractivity contribution in [3.8, 4) is 17.2 Å². The number of benzene rings is 1. The summed E-state index contributed by atoms with van der Waals surface area (Å²) in [6.45, 7) is 1.67. The Morgan fingerprint density at radius 2 is 1.84 bits per heavy atom. The quantitative estimate of drug-likeness (QED) is 0.293. The van der Waals surface area contributed by atoms with Crippen LogP contribution in [-0.4, -0.2) is 62.3 Å². The highest BCUT2D eigenvalue weighted by atomic mass is 127. The summed E-state index contributed by atoms with van der Waals surface area (Å²) in [4.78, 5) is 8.87. The predicted octanol–water partition coefficient (Wildman–Crippen LogP) is 1.75. The number of guanidine groups is 1. The molecule has 1 aliphatic rings. The van der Waals surface area contributed by atoms with Crippen molar-refractivity contribution in [3.05, 3.63) is 29.3 Å². The summed E-state index contributed by atoms with van der Waals surface area (Å²) in [5.74, 6) is 4.41. The van der Waals surface area contributed by atoms with Gasteiger partial charge >= 0.3 is 0 Å². The third kappa shape index (κ3) is 6.12. The molecule has 0 amide bonds. The molecule has 2 aromatic rings. The maximum atomic E-state index is 5.50. The highest BCUT2D eigenvalue weighted by molar-refractivity contribution is 14.0. The number of hydrogen-bond donors (Lipinski definition) is 2. The summed E-state index contributed by atoms with van der Waals surface area (Å²) in [5.41, 5.74) is 0.935. The molecule has 10 nitrogen and oxygen atoms in total. The topological polar surface area (TPSA) is 104 Å². The Morgan fingerprint density at radius 3 is 2.48 bits per heavy atom. The molecule has 1 unspecified atom stereocenters. The maximum Gasteiger partial charge on any atom is 0.191 e. The van der Waals surface area contributed by atoms with Crippen molar-refractivity contribution < 1.29 is 18.9 Å². The second-order valence-electron chi connectivity index (χ2n) is 6.88. The van der Waals surface area contributed by atoms with E-state index < -0.39 is 0 Å². The number of hydrogen-bond acceptors (Lipinski definition) is 7. The van der Waals surface area contributed by atoms with Crippen molar-refractivity contribution in [1.29, 1.82) is 0 Å². The van der Waals surface area contributed by atoms with E-state index in [1.165, 1.54) is 0 Å². The van der Waals surface area contributed by atoms with Crippen LogP contribution in [0.3, 0.4) is 0 Å². The van der Waals surface area contributed by atoms with Crippen LogP contribution < -0.4 is 24.8 Å². The van der Waals surface area contributed by atoms with Crippen molar-refractivity contribution in [2.45, 2.75) is 38.6 Å². The number of rotatable bonds is 8. The van der Waals surface area contributed by atoms with E-state index in [0.717, 1.165) is 36.6 Å². The molecule has 0 saturated heterocycles. The molecular weight excluding hydrogens is 515 g/mol. The van der Waals surface area contributed by atoms with Gasteiger partial charge in [0.2, 0.25) is 0 Å². The van der Waals surface area contributed by atoms with Gasteiger partial charge in [-0.05, 0) is 12.5 Å². The lowest BCUT2D eigenvalue weighted by Crippen LogP contribution is -2.46. The Morgan fingerprint density at radius 1 is 1.13 bits per heavy atom. The van der Waals surface area contributed by atoms with E-state index in [9.17, 15) is 0 Å². The smallest absolute Gasteiger partial charge is 0.191 e. The van der Waals surface area contributed by atoms with Crippen molar-refractivity contribution in [1.82, 2.24) is 25.4 Å². The minimum absolute atomic E-state index is 0. The zero-order valence-corrected chi connectivity index (χ0v) is 20.9. The van der Waals surface area contributed by atoms with Gasteiger partial charge in [0.15, 0.2) is 23.3 Å². The van der Waals surface area contributed by atoms with Crippen LogP contribution in [0.4, 0.5) is 0 Å². The number of nitrogens with zero attached hydrogens (tertiary/aromatic N) is 4. The number of halogens is 1. The molecule has 2 N–H and O–H groups in total. The van der Waals surface area contributed by atoms with E-state index in [4.69, 9.17) is 18.9 Å². The van der Waals surface area contributed by atoms with E-state index >= 15 is 0 Å². The molecule has 1 aliphatic heterocycles. The number of nitrogens with one attached hydrogen (secondary N) is 2. The molecule has 0 spiro atoms. The highest BCUT2D eigenvalue weighted by Gasteiger charge is 2.22. The van der Waals surface area contributed by atoms with E-state index in [1.807, 2.05) is 16.8 Å². The predicted molar refractivity (Wildman–Crippen MR) is 128 cm³/mol. The van der Waals surface area contributed by atoms with Crippen molar-refractivity contribution in [2.75, 3.05) is 35.5 Å². The van der Waals surface area contributed by atoms with Crippen molar-refractivity contribution >= 4 is 29.9 Å².